The van der Waals surface area contributed by atoms with Crippen LogP contribution in [0, 0.1) is 0 Å². The molecule has 1 N–H and O–H groups in total. The van der Waals surface area contributed by atoms with Gasteiger partial charge in [-0.3, -0.25) is 4.79 Å². The molecule has 0 unspecified atom stereocenters. The molecule has 0 fully saturated rings. The standard InChI is InChI=1S/C24H21ClN2O2S/c1-15(2)16-7-10-18(11-8-16)29-14-23(28)26-17-9-12-19(20(25)13-17)24-27-21-5-3-4-6-22(21)30-24/h3-13,15H,14H2,1-2H3,(H,26,28). The molecule has 0 aliphatic rings. The van der Waals surface area contributed by atoms with Crippen LogP contribution < -0.4 is 10.1 Å². The van der Waals surface area contributed by atoms with E-state index in [0.29, 0.717) is 22.4 Å². The lowest BCUT2D eigenvalue weighted by molar-refractivity contribution is -0.118. The first kappa shape index (κ1) is 20.4. The molecule has 30 heavy (non-hydrogen) atoms. The van der Waals surface area contributed by atoms with Crippen molar-refractivity contribution in [3.05, 3.63) is 77.3 Å². The molecule has 1 heterocycles. The molecule has 152 valence electrons. The summed E-state index contributed by atoms with van der Waals surface area (Å²) in [6, 6.07) is 21.2. The van der Waals surface area contributed by atoms with Crippen molar-refractivity contribution in [1.29, 1.82) is 0 Å². The van der Waals surface area contributed by atoms with Crippen molar-refractivity contribution in [2.45, 2.75) is 19.8 Å². The monoisotopic (exact) mass is 436 g/mol. The summed E-state index contributed by atoms with van der Waals surface area (Å²) < 4.78 is 6.69. The van der Waals surface area contributed by atoms with Gasteiger partial charge in [-0.15, -0.1) is 11.3 Å². The summed E-state index contributed by atoms with van der Waals surface area (Å²) in [7, 11) is 0. The number of fused-ring (bicyclic) bond motifs is 1. The number of benzene rings is 3. The Morgan fingerprint density at radius 2 is 1.87 bits per heavy atom. The summed E-state index contributed by atoms with van der Waals surface area (Å²) in [5.41, 5.74) is 3.64. The van der Waals surface area contributed by atoms with Gasteiger partial charge in [-0.25, -0.2) is 4.98 Å². The quantitative estimate of drug-likeness (QED) is 0.363. The molecule has 0 aliphatic carbocycles. The Bertz CT molecular complexity index is 1150. The van der Waals surface area contributed by atoms with Gasteiger partial charge in [0.15, 0.2) is 6.61 Å². The Labute approximate surface area is 184 Å². The lowest BCUT2D eigenvalue weighted by atomic mass is 10.0. The summed E-state index contributed by atoms with van der Waals surface area (Å²) in [6.45, 7) is 4.20. The highest BCUT2D eigenvalue weighted by molar-refractivity contribution is 7.21. The molecule has 0 spiro atoms. The fraction of sp³-hybridized carbons (Fsp3) is 0.167. The summed E-state index contributed by atoms with van der Waals surface area (Å²) in [5.74, 6) is 0.878. The first-order valence-electron chi connectivity index (χ1n) is 9.68. The molecule has 0 saturated heterocycles. The fourth-order valence-corrected chi connectivity index (χ4v) is 4.38. The van der Waals surface area contributed by atoms with Gasteiger partial charge < -0.3 is 10.1 Å². The van der Waals surface area contributed by atoms with Crippen molar-refractivity contribution in [1.82, 2.24) is 4.98 Å². The molecular formula is C24H21ClN2O2S. The van der Waals surface area contributed by atoms with Gasteiger partial charge in [0, 0.05) is 11.3 Å². The van der Waals surface area contributed by atoms with Gasteiger partial charge in [0.2, 0.25) is 0 Å². The molecule has 0 saturated carbocycles. The fourth-order valence-electron chi connectivity index (χ4n) is 3.05. The number of thiazole rings is 1. The highest BCUT2D eigenvalue weighted by Crippen LogP contribution is 2.35. The van der Waals surface area contributed by atoms with E-state index in [2.05, 4.69) is 24.1 Å². The number of ether oxygens (including phenoxy) is 1. The van der Waals surface area contributed by atoms with E-state index in [1.165, 1.54) is 5.56 Å². The van der Waals surface area contributed by atoms with Gasteiger partial charge in [-0.1, -0.05) is 49.7 Å². The van der Waals surface area contributed by atoms with Gasteiger partial charge in [0.05, 0.1) is 15.2 Å². The van der Waals surface area contributed by atoms with Crippen molar-refractivity contribution >= 4 is 44.7 Å². The molecule has 4 rings (SSSR count). The van der Waals surface area contributed by atoms with E-state index in [4.69, 9.17) is 16.3 Å². The van der Waals surface area contributed by atoms with E-state index in [0.717, 1.165) is 20.8 Å². The average Bonchev–Trinajstić information content (AvgIpc) is 3.16. The van der Waals surface area contributed by atoms with E-state index < -0.39 is 0 Å². The Hall–Kier alpha value is -2.89. The number of para-hydroxylation sites is 1. The van der Waals surface area contributed by atoms with E-state index in [1.807, 2.05) is 60.7 Å². The molecule has 1 aromatic heterocycles. The van der Waals surface area contributed by atoms with Gasteiger partial charge >= 0.3 is 0 Å². The number of rotatable bonds is 6. The SMILES string of the molecule is CC(C)c1ccc(OCC(=O)Nc2ccc(-c3nc4ccccc4s3)c(Cl)c2)cc1. The highest BCUT2D eigenvalue weighted by Gasteiger charge is 2.12. The molecular weight excluding hydrogens is 416 g/mol. The highest BCUT2D eigenvalue weighted by atomic mass is 35.5. The number of halogens is 1. The number of anilines is 1. The lowest BCUT2D eigenvalue weighted by Crippen LogP contribution is -2.20. The summed E-state index contributed by atoms with van der Waals surface area (Å²) >= 11 is 8.06. The number of nitrogens with one attached hydrogen (secondary N) is 1. The van der Waals surface area contributed by atoms with E-state index in [-0.39, 0.29) is 12.5 Å². The van der Waals surface area contributed by atoms with E-state index in [1.54, 1.807) is 17.4 Å². The Balaban J connectivity index is 1.39. The number of nitrogens with zero attached hydrogens (tertiary/aromatic N) is 1. The van der Waals surface area contributed by atoms with Crippen LogP contribution in [0.1, 0.15) is 25.3 Å². The van der Waals surface area contributed by atoms with Crippen molar-refractivity contribution in [2.24, 2.45) is 0 Å². The van der Waals surface area contributed by atoms with Crippen LogP contribution >= 0.6 is 22.9 Å². The predicted molar refractivity (Wildman–Crippen MR) is 125 cm³/mol. The normalized spacial score (nSPS) is 11.1. The van der Waals surface area contributed by atoms with Crippen LogP contribution in [0.15, 0.2) is 66.7 Å². The number of carbonyl (C=O) groups is 1. The Morgan fingerprint density at radius 1 is 1.10 bits per heavy atom. The number of carbonyl (C=O) groups excluding carboxylic acids is 1. The summed E-state index contributed by atoms with van der Waals surface area (Å²) in [4.78, 5) is 16.9. The number of hydrogen-bond acceptors (Lipinski definition) is 4. The van der Waals surface area contributed by atoms with Gasteiger partial charge in [-0.2, -0.15) is 0 Å². The molecule has 4 nitrogen and oxygen atoms in total. The minimum atomic E-state index is -0.244. The summed E-state index contributed by atoms with van der Waals surface area (Å²) in [5, 5.41) is 4.22. The molecule has 0 aliphatic heterocycles. The third kappa shape index (κ3) is 4.64. The number of aromatic nitrogens is 1. The number of hydrogen-bond donors (Lipinski definition) is 1. The zero-order chi connectivity index (χ0) is 21.1. The molecule has 1 amide bonds. The minimum Gasteiger partial charge on any atom is -0.484 e. The van der Waals surface area contributed by atoms with Crippen LogP contribution in [-0.2, 0) is 4.79 Å². The molecule has 4 aromatic rings. The zero-order valence-electron chi connectivity index (χ0n) is 16.7. The van der Waals surface area contributed by atoms with E-state index in [9.17, 15) is 4.79 Å². The lowest BCUT2D eigenvalue weighted by Gasteiger charge is -2.10. The number of amides is 1. The van der Waals surface area contributed by atoms with Crippen LogP contribution in [-0.4, -0.2) is 17.5 Å². The maximum absolute atomic E-state index is 12.3. The van der Waals surface area contributed by atoms with Crippen molar-refractivity contribution in [2.75, 3.05) is 11.9 Å². The van der Waals surface area contributed by atoms with Gasteiger partial charge in [0.25, 0.3) is 5.91 Å². The van der Waals surface area contributed by atoms with Gasteiger partial charge in [-0.05, 0) is 53.9 Å². The molecule has 0 atom stereocenters. The van der Waals surface area contributed by atoms with Crippen LogP contribution in [0.5, 0.6) is 5.75 Å². The summed E-state index contributed by atoms with van der Waals surface area (Å²) in [6.07, 6.45) is 0. The van der Waals surface area contributed by atoms with E-state index >= 15 is 0 Å². The van der Waals surface area contributed by atoms with Crippen LogP contribution in [0.25, 0.3) is 20.8 Å². The second kappa shape index (κ2) is 8.86. The first-order valence-corrected chi connectivity index (χ1v) is 10.9. The minimum absolute atomic E-state index is 0.0712. The second-order valence-corrected chi connectivity index (χ2v) is 8.68. The topological polar surface area (TPSA) is 51.2 Å². The van der Waals surface area contributed by atoms with Crippen LogP contribution in [0.4, 0.5) is 5.69 Å². The van der Waals surface area contributed by atoms with Crippen LogP contribution in [0.3, 0.4) is 0 Å². The molecule has 0 radical (unpaired) electrons. The first-order chi connectivity index (χ1) is 14.5. The molecule has 0 bridgehead atoms. The smallest absolute Gasteiger partial charge is 0.262 e. The van der Waals surface area contributed by atoms with Gasteiger partial charge in [0.1, 0.15) is 10.8 Å². The maximum Gasteiger partial charge on any atom is 0.262 e. The van der Waals surface area contributed by atoms with Crippen molar-refractivity contribution in [3.8, 4) is 16.3 Å². The maximum atomic E-state index is 12.3. The van der Waals surface area contributed by atoms with Crippen molar-refractivity contribution in [3.63, 3.8) is 0 Å². The molecule has 3 aromatic carbocycles. The third-order valence-corrected chi connectivity index (χ3v) is 6.08. The predicted octanol–water partition coefficient (Wildman–Crippen LogP) is 6.76. The van der Waals surface area contributed by atoms with Crippen LogP contribution in [0.2, 0.25) is 5.02 Å². The second-order valence-electron chi connectivity index (χ2n) is 7.24. The Morgan fingerprint density at radius 3 is 2.57 bits per heavy atom. The van der Waals surface area contributed by atoms with Crippen molar-refractivity contribution < 1.29 is 9.53 Å². The Kier molecular flexibility index (Phi) is 6.02. The average molecular weight is 437 g/mol. The third-order valence-electron chi connectivity index (χ3n) is 4.69. The molecule has 6 heteroatoms. The largest absolute Gasteiger partial charge is 0.484 e. The zero-order valence-corrected chi connectivity index (χ0v) is 18.3.